The van der Waals surface area contributed by atoms with Gasteiger partial charge >= 0.3 is 0 Å². The van der Waals surface area contributed by atoms with E-state index < -0.39 is 0 Å². The van der Waals surface area contributed by atoms with Gasteiger partial charge in [0.25, 0.3) is 0 Å². The van der Waals surface area contributed by atoms with Crippen molar-refractivity contribution < 1.29 is 4.79 Å². The van der Waals surface area contributed by atoms with Gasteiger partial charge in [0.1, 0.15) is 5.82 Å². The van der Waals surface area contributed by atoms with Gasteiger partial charge in [0.15, 0.2) is 0 Å². The highest BCUT2D eigenvalue weighted by atomic mass is 32.2. The van der Waals surface area contributed by atoms with Crippen LogP contribution < -0.4 is 5.32 Å². The van der Waals surface area contributed by atoms with E-state index in [1.54, 1.807) is 12.4 Å². The monoisotopic (exact) mass is 304 g/mol. The van der Waals surface area contributed by atoms with Crippen LogP contribution in [0.15, 0.2) is 41.8 Å². The van der Waals surface area contributed by atoms with Crippen molar-refractivity contribution in [2.24, 2.45) is 7.05 Å². The Labute approximate surface area is 129 Å². The van der Waals surface area contributed by atoms with Gasteiger partial charge in [0, 0.05) is 25.6 Å². The van der Waals surface area contributed by atoms with Gasteiger partial charge in [-0.15, -0.1) is 0 Å². The molecule has 0 aliphatic rings. The largest absolute Gasteiger partial charge is 0.345 e. The molecule has 21 heavy (non-hydrogen) atoms. The first-order valence-corrected chi connectivity index (χ1v) is 7.99. The van der Waals surface area contributed by atoms with E-state index in [4.69, 9.17) is 0 Å². The third kappa shape index (κ3) is 4.60. The molecule has 0 aromatic carbocycles. The first kappa shape index (κ1) is 15.6. The summed E-state index contributed by atoms with van der Waals surface area (Å²) in [6, 6.07) is 5.65. The number of imidazole rings is 1. The Balaban J connectivity index is 1.91. The number of amides is 1. The van der Waals surface area contributed by atoms with Crippen LogP contribution >= 0.6 is 11.8 Å². The summed E-state index contributed by atoms with van der Waals surface area (Å²) in [5, 5.41) is 3.92. The number of nitrogens with zero attached hydrogens (tertiary/aromatic N) is 3. The molecule has 0 saturated heterocycles. The van der Waals surface area contributed by atoms with Crippen LogP contribution in [0, 0.1) is 0 Å². The lowest BCUT2D eigenvalue weighted by atomic mass is 10.1. The molecule has 2 aromatic heterocycles. The summed E-state index contributed by atoms with van der Waals surface area (Å²) < 4.78 is 1.95. The standard InChI is InChI=1S/C15H20N4OS/c1-3-6-12(15-17-9-10-19(15)2)18-13(20)11-21-14-7-4-5-8-16-14/h4-5,7-10,12H,3,6,11H2,1-2H3,(H,18,20). The normalized spacial score (nSPS) is 12.1. The number of aryl methyl sites for hydroxylation is 1. The second kappa shape index (κ2) is 7.83. The van der Waals surface area contributed by atoms with Gasteiger partial charge in [-0.3, -0.25) is 4.79 Å². The summed E-state index contributed by atoms with van der Waals surface area (Å²) in [7, 11) is 1.94. The molecule has 0 bridgehead atoms. The average Bonchev–Trinajstić information content (AvgIpc) is 2.92. The van der Waals surface area contributed by atoms with Gasteiger partial charge in [0.05, 0.1) is 16.8 Å². The van der Waals surface area contributed by atoms with E-state index >= 15 is 0 Å². The minimum atomic E-state index is -0.0353. The number of pyridine rings is 1. The van der Waals surface area contributed by atoms with E-state index in [-0.39, 0.29) is 11.9 Å². The minimum absolute atomic E-state index is 0.00658. The molecule has 1 atom stereocenters. The lowest BCUT2D eigenvalue weighted by Gasteiger charge is -2.17. The van der Waals surface area contributed by atoms with Crippen molar-refractivity contribution in [3.8, 4) is 0 Å². The van der Waals surface area contributed by atoms with Gasteiger partial charge in [-0.1, -0.05) is 31.2 Å². The molecular formula is C15H20N4OS. The molecule has 5 nitrogen and oxygen atoms in total. The Morgan fingerprint density at radius 3 is 2.86 bits per heavy atom. The molecule has 112 valence electrons. The maximum Gasteiger partial charge on any atom is 0.231 e. The predicted molar refractivity (Wildman–Crippen MR) is 84.0 cm³/mol. The van der Waals surface area contributed by atoms with Crippen molar-refractivity contribution >= 4 is 17.7 Å². The maximum atomic E-state index is 12.1. The van der Waals surface area contributed by atoms with E-state index in [2.05, 4.69) is 22.2 Å². The zero-order valence-electron chi connectivity index (χ0n) is 12.3. The molecule has 2 heterocycles. The van der Waals surface area contributed by atoms with Crippen LogP contribution in [0.2, 0.25) is 0 Å². The van der Waals surface area contributed by atoms with Crippen molar-refractivity contribution in [1.82, 2.24) is 19.9 Å². The van der Waals surface area contributed by atoms with Crippen LogP contribution in [0.4, 0.5) is 0 Å². The zero-order chi connectivity index (χ0) is 15.1. The number of rotatable bonds is 7. The number of hydrogen-bond acceptors (Lipinski definition) is 4. The lowest BCUT2D eigenvalue weighted by molar-refractivity contribution is -0.119. The third-order valence-electron chi connectivity index (χ3n) is 3.07. The van der Waals surface area contributed by atoms with Crippen molar-refractivity contribution in [3.63, 3.8) is 0 Å². The second-order valence-electron chi connectivity index (χ2n) is 4.76. The molecule has 0 spiro atoms. The molecule has 6 heteroatoms. The van der Waals surface area contributed by atoms with Crippen LogP contribution in [0.1, 0.15) is 31.6 Å². The summed E-state index contributed by atoms with van der Waals surface area (Å²) in [5.41, 5.74) is 0. The molecule has 2 rings (SSSR count). The summed E-state index contributed by atoms with van der Waals surface area (Å²) in [5.74, 6) is 1.27. The van der Waals surface area contributed by atoms with Gasteiger partial charge in [-0.25, -0.2) is 9.97 Å². The Kier molecular flexibility index (Phi) is 5.80. The van der Waals surface area contributed by atoms with Gasteiger partial charge in [0.2, 0.25) is 5.91 Å². The van der Waals surface area contributed by atoms with Crippen LogP contribution in [0.3, 0.4) is 0 Å². The number of hydrogen-bond donors (Lipinski definition) is 1. The summed E-state index contributed by atoms with van der Waals surface area (Å²) in [6.07, 6.45) is 7.25. The number of aromatic nitrogens is 3. The quantitative estimate of drug-likeness (QED) is 0.799. The predicted octanol–water partition coefficient (Wildman–Crippen LogP) is 2.56. The van der Waals surface area contributed by atoms with E-state index in [0.29, 0.717) is 5.75 Å². The third-order valence-corrected chi connectivity index (χ3v) is 4.02. The van der Waals surface area contributed by atoms with Crippen molar-refractivity contribution in [2.45, 2.75) is 30.8 Å². The second-order valence-corrected chi connectivity index (χ2v) is 5.76. The molecule has 0 radical (unpaired) electrons. The smallest absolute Gasteiger partial charge is 0.231 e. The fourth-order valence-electron chi connectivity index (χ4n) is 2.08. The zero-order valence-corrected chi connectivity index (χ0v) is 13.1. The summed E-state index contributed by atoms with van der Waals surface area (Å²) in [4.78, 5) is 20.6. The fourth-order valence-corrected chi connectivity index (χ4v) is 2.75. The molecule has 0 saturated carbocycles. The Morgan fingerprint density at radius 1 is 1.38 bits per heavy atom. The molecule has 1 amide bonds. The molecule has 0 aliphatic carbocycles. The van der Waals surface area contributed by atoms with E-state index in [9.17, 15) is 4.79 Å². The Bertz CT molecular complexity index is 570. The van der Waals surface area contributed by atoms with Gasteiger partial charge in [-0.2, -0.15) is 0 Å². The first-order valence-electron chi connectivity index (χ1n) is 7.01. The van der Waals surface area contributed by atoms with Crippen molar-refractivity contribution in [1.29, 1.82) is 0 Å². The van der Waals surface area contributed by atoms with Crippen LogP contribution in [-0.4, -0.2) is 26.2 Å². The SMILES string of the molecule is CCCC(NC(=O)CSc1ccccn1)c1nccn1C. The maximum absolute atomic E-state index is 12.1. The Morgan fingerprint density at radius 2 is 2.24 bits per heavy atom. The number of carbonyl (C=O) groups is 1. The average molecular weight is 304 g/mol. The number of nitrogens with one attached hydrogen (secondary N) is 1. The molecular weight excluding hydrogens is 284 g/mol. The van der Waals surface area contributed by atoms with E-state index in [1.807, 2.05) is 36.0 Å². The van der Waals surface area contributed by atoms with Crippen molar-refractivity contribution in [3.05, 3.63) is 42.6 Å². The molecule has 2 aromatic rings. The minimum Gasteiger partial charge on any atom is -0.345 e. The van der Waals surface area contributed by atoms with E-state index in [1.165, 1.54) is 11.8 Å². The molecule has 0 fully saturated rings. The van der Waals surface area contributed by atoms with Crippen LogP contribution in [0.25, 0.3) is 0 Å². The van der Waals surface area contributed by atoms with Gasteiger partial charge < -0.3 is 9.88 Å². The fraction of sp³-hybridized carbons (Fsp3) is 0.400. The Hall–Kier alpha value is -1.82. The van der Waals surface area contributed by atoms with Crippen molar-refractivity contribution in [2.75, 3.05) is 5.75 Å². The molecule has 0 aliphatic heterocycles. The molecule has 1 N–H and O–H groups in total. The summed E-state index contributed by atoms with van der Waals surface area (Å²) >= 11 is 1.44. The number of thioether (sulfide) groups is 1. The highest BCUT2D eigenvalue weighted by molar-refractivity contribution is 7.99. The lowest BCUT2D eigenvalue weighted by Crippen LogP contribution is -2.31. The summed E-state index contributed by atoms with van der Waals surface area (Å²) in [6.45, 7) is 2.10. The van der Waals surface area contributed by atoms with Crippen LogP contribution in [0.5, 0.6) is 0 Å². The highest BCUT2D eigenvalue weighted by Crippen LogP contribution is 2.18. The topological polar surface area (TPSA) is 59.8 Å². The highest BCUT2D eigenvalue weighted by Gasteiger charge is 2.17. The first-order chi connectivity index (χ1) is 10.2. The van der Waals surface area contributed by atoms with Crippen LogP contribution in [-0.2, 0) is 11.8 Å². The van der Waals surface area contributed by atoms with Gasteiger partial charge in [-0.05, 0) is 18.6 Å². The van der Waals surface area contributed by atoms with E-state index in [0.717, 1.165) is 23.7 Å². The molecule has 1 unspecified atom stereocenters. The number of carbonyl (C=O) groups excluding carboxylic acids is 1.